The van der Waals surface area contributed by atoms with Crippen LogP contribution in [0.4, 0.5) is 0 Å². The molecule has 26 heavy (non-hydrogen) atoms. The number of rotatable bonds is 2. The highest BCUT2D eigenvalue weighted by Gasteiger charge is 2.43. The fourth-order valence-corrected chi connectivity index (χ4v) is 5.21. The highest BCUT2D eigenvalue weighted by atomic mass is 16.5. The molecule has 1 amide bonds. The minimum Gasteiger partial charge on any atom is -0.486 e. The summed E-state index contributed by atoms with van der Waals surface area (Å²) < 4.78 is 6.72. The highest BCUT2D eigenvalue weighted by Crippen LogP contribution is 2.41. The number of amides is 1. The van der Waals surface area contributed by atoms with E-state index in [0.29, 0.717) is 12.1 Å². The van der Waals surface area contributed by atoms with Gasteiger partial charge in [-0.15, -0.1) is 0 Å². The molecule has 0 saturated heterocycles. The van der Waals surface area contributed by atoms with Gasteiger partial charge in [-0.1, -0.05) is 31.0 Å². The Hall–Kier alpha value is -1.55. The Balaban J connectivity index is 1.56. The van der Waals surface area contributed by atoms with Crippen LogP contribution in [0.15, 0.2) is 24.3 Å². The van der Waals surface area contributed by atoms with Crippen molar-refractivity contribution in [3.63, 3.8) is 0 Å². The van der Waals surface area contributed by atoms with Crippen LogP contribution in [0.3, 0.4) is 0 Å². The van der Waals surface area contributed by atoms with Crippen molar-refractivity contribution in [2.75, 3.05) is 13.6 Å². The number of ether oxygens (including phenoxy) is 1. The fraction of sp³-hybridized carbons (Fsp3) is 0.682. The van der Waals surface area contributed by atoms with Crippen LogP contribution in [0.2, 0.25) is 0 Å². The molecule has 1 aliphatic heterocycles. The van der Waals surface area contributed by atoms with E-state index in [1.54, 1.807) is 6.92 Å². The molecule has 2 aliphatic carbocycles. The van der Waals surface area contributed by atoms with Crippen molar-refractivity contribution in [3.05, 3.63) is 29.8 Å². The molecular formula is C22H32N2O2. The predicted molar refractivity (Wildman–Crippen MR) is 103 cm³/mol. The van der Waals surface area contributed by atoms with Gasteiger partial charge in [-0.2, -0.15) is 0 Å². The van der Waals surface area contributed by atoms with Gasteiger partial charge in [-0.3, -0.25) is 9.69 Å². The number of hydrogen-bond donors (Lipinski definition) is 0. The molecule has 0 bridgehead atoms. The first kappa shape index (κ1) is 17.8. The van der Waals surface area contributed by atoms with Crippen LogP contribution in [0.5, 0.6) is 5.75 Å². The summed E-state index contributed by atoms with van der Waals surface area (Å²) in [6.45, 7) is 3.72. The molecule has 3 aliphatic rings. The van der Waals surface area contributed by atoms with E-state index in [2.05, 4.69) is 29.2 Å². The van der Waals surface area contributed by atoms with E-state index in [4.69, 9.17) is 4.74 Å². The molecule has 1 aromatic carbocycles. The third-order valence-electron chi connectivity index (χ3n) is 6.92. The van der Waals surface area contributed by atoms with E-state index < -0.39 is 0 Å². The Bertz CT molecular complexity index is 645. The standard InChI is InChI=1S/C22H32N2O2/c1-17(25)23(2)19-11-13-22(14-12-19)16-24(20-8-4-5-9-20)15-18-7-3-6-10-21(18)26-22/h3,6-7,10,19-20H,4-5,8-9,11-16H2,1-2H3. The van der Waals surface area contributed by atoms with Gasteiger partial charge in [0.05, 0.1) is 0 Å². The third kappa shape index (κ3) is 3.48. The van der Waals surface area contributed by atoms with Crippen molar-refractivity contribution in [3.8, 4) is 5.75 Å². The van der Waals surface area contributed by atoms with Crippen LogP contribution in [0, 0.1) is 0 Å². The lowest BCUT2D eigenvalue weighted by Gasteiger charge is -2.44. The molecule has 0 unspecified atom stereocenters. The topological polar surface area (TPSA) is 32.8 Å². The number of fused-ring (bicyclic) bond motifs is 1. The van der Waals surface area contributed by atoms with Crippen molar-refractivity contribution < 1.29 is 9.53 Å². The van der Waals surface area contributed by atoms with Crippen LogP contribution in [0.25, 0.3) is 0 Å². The van der Waals surface area contributed by atoms with E-state index in [0.717, 1.165) is 44.5 Å². The van der Waals surface area contributed by atoms with E-state index >= 15 is 0 Å². The molecule has 2 saturated carbocycles. The molecule has 2 fully saturated rings. The molecule has 0 radical (unpaired) electrons. The summed E-state index contributed by atoms with van der Waals surface area (Å²) in [6, 6.07) is 9.66. The first-order chi connectivity index (χ1) is 12.6. The maximum atomic E-state index is 11.7. The van der Waals surface area contributed by atoms with Crippen molar-refractivity contribution in [1.29, 1.82) is 0 Å². The maximum absolute atomic E-state index is 11.7. The van der Waals surface area contributed by atoms with Crippen molar-refractivity contribution in [1.82, 2.24) is 9.80 Å². The Kier molecular flexibility index (Phi) is 4.96. The Labute approximate surface area is 157 Å². The zero-order valence-corrected chi connectivity index (χ0v) is 16.2. The number of benzene rings is 1. The number of hydrogen-bond acceptors (Lipinski definition) is 3. The predicted octanol–water partition coefficient (Wildman–Crippen LogP) is 3.98. The minimum absolute atomic E-state index is 0.0939. The number of para-hydroxylation sites is 1. The normalized spacial score (nSPS) is 29.8. The lowest BCUT2D eigenvalue weighted by Crippen LogP contribution is -2.52. The van der Waals surface area contributed by atoms with Crippen molar-refractivity contribution in [2.45, 2.75) is 82.5 Å². The van der Waals surface area contributed by atoms with Crippen LogP contribution >= 0.6 is 0 Å². The average Bonchev–Trinajstić information content (AvgIpc) is 3.12. The van der Waals surface area contributed by atoms with Crippen LogP contribution in [-0.4, -0.2) is 47.0 Å². The second kappa shape index (κ2) is 7.22. The second-order valence-electron chi connectivity index (χ2n) is 8.60. The summed E-state index contributed by atoms with van der Waals surface area (Å²) in [5.74, 6) is 1.25. The molecule has 4 nitrogen and oxygen atoms in total. The van der Waals surface area contributed by atoms with Crippen molar-refractivity contribution in [2.24, 2.45) is 0 Å². The van der Waals surface area contributed by atoms with E-state index in [1.807, 2.05) is 11.9 Å². The van der Waals surface area contributed by atoms with Gasteiger partial charge in [0, 0.05) is 44.7 Å². The lowest BCUT2D eigenvalue weighted by atomic mass is 9.80. The summed E-state index contributed by atoms with van der Waals surface area (Å²) in [7, 11) is 1.94. The molecule has 1 spiro atoms. The summed E-state index contributed by atoms with van der Waals surface area (Å²) in [5, 5.41) is 0. The zero-order chi connectivity index (χ0) is 18.1. The van der Waals surface area contributed by atoms with Gasteiger partial charge in [-0.25, -0.2) is 0 Å². The number of carbonyl (C=O) groups is 1. The van der Waals surface area contributed by atoms with Gasteiger partial charge in [-0.05, 0) is 44.6 Å². The highest BCUT2D eigenvalue weighted by molar-refractivity contribution is 5.73. The summed E-state index contributed by atoms with van der Waals surface area (Å²) in [5.41, 5.74) is 1.24. The maximum Gasteiger partial charge on any atom is 0.219 e. The minimum atomic E-state index is -0.0939. The molecule has 1 heterocycles. The molecular weight excluding hydrogens is 324 g/mol. The van der Waals surface area contributed by atoms with Gasteiger partial charge >= 0.3 is 0 Å². The van der Waals surface area contributed by atoms with Gasteiger partial charge in [0.15, 0.2) is 0 Å². The number of carbonyl (C=O) groups excluding carboxylic acids is 1. The zero-order valence-electron chi connectivity index (χ0n) is 16.2. The average molecular weight is 357 g/mol. The molecule has 0 N–H and O–H groups in total. The second-order valence-corrected chi connectivity index (χ2v) is 8.60. The number of nitrogens with zero attached hydrogens (tertiary/aromatic N) is 2. The first-order valence-electron chi connectivity index (χ1n) is 10.3. The van der Waals surface area contributed by atoms with Crippen LogP contribution in [-0.2, 0) is 11.3 Å². The van der Waals surface area contributed by atoms with Gasteiger partial charge in [0.1, 0.15) is 11.4 Å². The molecule has 0 atom stereocenters. The summed E-state index contributed by atoms with van der Waals surface area (Å²) in [4.78, 5) is 16.4. The van der Waals surface area contributed by atoms with Gasteiger partial charge in [0.2, 0.25) is 5.91 Å². The van der Waals surface area contributed by atoms with Gasteiger partial charge in [0.25, 0.3) is 0 Å². The first-order valence-corrected chi connectivity index (χ1v) is 10.3. The van der Waals surface area contributed by atoms with E-state index in [1.165, 1.54) is 31.2 Å². The Morgan fingerprint density at radius 1 is 1.15 bits per heavy atom. The molecule has 4 rings (SSSR count). The molecule has 0 aromatic heterocycles. The molecule has 4 heteroatoms. The fourth-order valence-electron chi connectivity index (χ4n) is 5.21. The molecule has 1 aromatic rings. The van der Waals surface area contributed by atoms with Crippen LogP contribution < -0.4 is 4.74 Å². The monoisotopic (exact) mass is 356 g/mol. The lowest BCUT2D eigenvalue weighted by molar-refractivity contribution is -0.131. The molecule has 142 valence electrons. The van der Waals surface area contributed by atoms with Crippen molar-refractivity contribution >= 4 is 5.91 Å². The van der Waals surface area contributed by atoms with E-state index in [-0.39, 0.29) is 11.5 Å². The summed E-state index contributed by atoms with van der Waals surface area (Å²) >= 11 is 0. The smallest absolute Gasteiger partial charge is 0.219 e. The third-order valence-corrected chi connectivity index (χ3v) is 6.92. The summed E-state index contributed by atoms with van der Waals surface area (Å²) in [6.07, 6.45) is 9.53. The largest absolute Gasteiger partial charge is 0.486 e. The SMILES string of the molecule is CC(=O)N(C)C1CCC2(CC1)CN(C1CCCC1)Cc1ccccc1O2. The van der Waals surface area contributed by atoms with Gasteiger partial charge < -0.3 is 9.64 Å². The quantitative estimate of drug-likeness (QED) is 0.803. The Morgan fingerprint density at radius 3 is 2.54 bits per heavy atom. The van der Waals surface area contributed by atoms with E-state index in [9.17, 15) is 4.79 Å². The Morgan fingerprint density at radius 2 is 1.85 bits per heavy atom. The van der Waals surface area contributed by atoms with Crippen LogP contribution in [0.1, 0.15) is 63.9 Å².